The quantitative estimate of drug-likeness (QED) is 0.796. The number of amides is 2. The van der Waals surface area contributed by atoms with Gasteiger partial charge < -0.3 is 24.4 Å². The lowest BCUT2D eigenvalue weighted by Gasteiger charge is -2.38. The number of hydrogen-bond acceptors (Lipinski definition) is 5. The molecule has 0 aromatic heterocycles. The van der Waals surface area contributed by atoms with Crippen LogP contribution in [0.5, 0.6) is 11.5 Å². The van der Waals surface area contributed by atoms with E-state index in [2.05, 4.69) is 5.32 Å². The fourth-order valence-electron chi connectivity index (χ4n) is 2.97. The molecule has 0 unspecified atom stereocenters. The zero-order valence-electron chi connectivity index (χ0n) is 17.3. The number of piperidine rings is 1. The molecule has 1 aliphatic heterocycles. The van der Waals surface area contributed by atoms with Gasteiger partial charge in [0.25, 0.3) is 0 Å². The van der Waals surface area contributed by atoms with Crippen LogP contribution in [-0.4, -0.2) is 49.8 Å². The molecule has 1 saturated heterocycles. The maximum atomic E-state index is 13.0. The highest BCUT2D eigenvalue weighted by molar-refractivity contribution is 6.32. The van der Waals surface area contributed by atoms with Gasteiger partial charge in [-0.05, 0) is 39.7 Å². The molecule has 0 atom stereocenters. The number of halogens is 1. The van der Waals surface area contributed by atoms with Gasteiger partial charge in [-0.15, -0.1) is 0 Å². The first-order valence-corrected chi connectivity index (χ1v) is 9.58. The molecule has 1 aromatic rings. The summed E-state index contributed by atoms with van der Waals surface area (Å²) in [6.45, 7) is 8.31. The summed E-state index contributed by atoms with van der Waals surface area (Å²) < 4.78 is 15.9. The third kappa shape index (κ3) is 5.22. The monoisotopic (exact) mass is 412 g/mol. The first-order valence-electron chi connectivity index (χ1n) is 9.20. The van der Waals surface area contributed by atoms with Gasteiger partial charge >= 0.3 is 6.09 Å². The highest BCUT2D eigenvalue weighted by atomic mass is 35.5. The Labute approximate surface area is 171 Å². The molecule has 28 heavy (non-hydrogen) atoms. The topological polar surface area (TPSA) is 77.1 Å². The van der Waals surface area contributed by atoms with Crippen molar-refractivity contribution in [2.45, 2.75) is 46.1 Å². The fourth-order valence-corrected chi connectivity index (χ4v) is 3.21. The van der Waals surface area contributed by atoms with Crippen LogP contribution >= 0.6 is 11.6 Å². The fraction of sp³-hybridized carbons (Fsp3) is 0.600. The second-order valence-electron chi connectivity index (χ2n) is 8.17. The van der Waals surface area contributed by atoms with E-state index in [-0.39, 0.29) is 12.0 Å². The molecule has 0 aliphatic carbocycles. The number of ether oxygens (including phenoxy) is 3. The van der Waals surface area contributed by atoms with E-state index in [1.165, 1.54) is 14.2 Å². The number of methoxy groups -OCH3 is 2. The summed E-state index contributed by atoms with van der Waals surface area (Å²) in [5.41, 5.74) is -0.677. The Morgan fingerprint density at radius 1 is 1.11 bits per heavy atom. The summed E-state index contributed by atoms with van der Waals surface area (Å²) in [5.74, 6) is 0.786. The minimum Gasteiger partial charge on any atom is -0.495 e. The van der Waals surface area contributed by atoms with Crippen molar-refractivity contribution in [3.63, 3.8) is 0 Å². The van der Waals surface area contributed by atoms with Crippen LogP contribution in [0.4, 0.5) is 10.5 Å². The summed E-state index contributed by atoms with van der Waals surface area (Å²) in [6, 6.07) is 3.24. The van der Waals surface area contributed by atoms with E-state index in [0.717, 1.165) is 0 Å². The van der Waals surface area contributed by atoms with Gasteiger partial charge in [0.1, 0.15) is 17.1 Å². The zero-order valence-corrected chi connectivity index (χ0v) is 18.1. The van der Waals surface area contributed by atoms with E-state index in [4.69, 9.17) is 25.8 Å². The van der Waals surface area contributed by atoms with Gasteiger partial charge in [-0.25, -0.2) is 4.79 Å². The molecule has 7 nitrogen and oxygen atoms in total. The van der Waals surface area contributed by atoms with Crippen LogP contribution in [0.15, 0.2) is 12.1 Å². The lowest BCUT2D eigenvalue weighted by Crippen LogP contribution is -2.48. The van der Waals surface area contributed by atoms with Gasteiger partial charge in [-0.1, -0.05) is 18.5 Å². The normalized spacial score (nSPS) is 16.3. The summed E-state index contributed by atoms with van der Waals surface area (Å²) in [5, 5.41) is 3.29. The van der Waals surface area contributed by atoms with E-state index < -0.39 is 11.0 Å². The molecule has 0 spiro atoms. The van der Waals surface area contributed by atoms with Gasteiger partial charge in [-0.2, -0.15) is 0 Å². The number of nitrogens with zero attached hydrogens (tertiary/aromatic N) is 1. The lowest BCUT2D eigenvalue weighted by atomic mass is 9.79. The number of likely N-dealkylation sites (tertiary alicyclic amines) is 1. The van der Waals surface area contributed by atoms with Crippen molar-refractivity contribution < 1.29 is 23.8 Å². The summed E-state index contributed by atoms with van der Waals surface area (Å²) in [7, 11) is 3.03. The summed E-state index contributed by atoms with van der Waals surface area (Å²) in [4.78, 5) is 26.8. The van der Waals surface area contributed by atoms with E-state index in [1.54, 1.807) is 17.0 Å². The Morgan fingerprint density at radius 3 is 2.18 bits per heavy atom. The molecule has 1 heterocycles. The SMILES string of the molecule is COc1cc(OC)c(NC(=O)C2(C)CCN(C(=O)OC(C)(C)C)CC2)cc1Cl. The predicted molar refractivity (Wildman–Crippen MR) is 108 cm³/mol. The van der Waals surface area contributed by atoms with Crippen molar-refractivity contribution >= 4 is 29.3 Å². The number of benzene rings is 1. The molecule has 156 valence electrons. The van der Waals surface area contributed by atoms with Gasteiger partial charge in [0, 0.05) is 19.2 Å². The molecule has 2 rings (SSSR count). The molecular weight excluding hydrogens is 384 g/mol. The van der Waals surface area contributed by atoms with Crippen molar-refractivity contribution in [2.75, 3.05) is 32.6 Å². The average Bonchev–Trinajstić information content (AvgIpc) is 2.61. The Bertz CT molecular complexity index is 737. The predicted octanol–water partition coefficient (Wildman–Crippen LogP) is 4.33. The number of hydrogen-bond donors (Lipinski definition) is 1. The average molecular weight is 413 g/mol. The number of rotatable bonds is 4. The van der Waals surface area contributed by atoms with E-state index in [9.17, 15) is 9.59 Å². The number of anilines is 1. The van der Waals surface area contributed by atoms with E-state index in [0.29, 0.717) is 48.1 Å². The molecular formula is C20H29ClN2O5. The number of carbonyl (C=O) groups excluding carboxylic acids is 2. The molecule has 1 aromatic carbocycles. The molecule has 0 bridgehead atoms. The Morgan fingerprint density at radius 2 is 1.68 bits per heavy atom. The van der Waals surface area contributed by atoms with Gasteiger partial charge in [-0.3, -0.25) is 4.79 Å². The molecule has 0 radical (unpaired) electrons. The largest absolute Gasteiger partial charge is 0.495 e. The van der Waals surface area contributed by atoms with Crippen molar-refractivity contribution in [1.82, 2.24) is 4.90 Å². The Hall–Kier alpha value is -2.15. The molecule has 0 saturated carbocycles. The summed E-state index contributed by atoms with van der Waals surface area (Å²) in [6.07, 6.45) is 0.715. The minimum absolute atomic E-state index is 0.143. The molecule has 1 fully saturated rings. The lowest BCUT2D eigenvalue weighted by molar-refractivity contribution is -0.127. The Kier molecular flexibility index (Phi) is 6.70. The van der Waals surface area contributed by atoms with Crippen molar-refractivity contribution in [3.05, 3.63) is 17.2 Å². The Balaban J connectivity index is 2.06. The van der Waals surface area contributed by atoms with Gasteiger partial charge in [0.05, 0.1) is 30.3 Å². The molecule has 1 aliphatic rings. The second-order valence-corrected chi connectivity index (χ2v) is 8.58. The van der Waals surface area contributed by atoms with Crippen LogP contribution in [0.1, 0.15) is 40.5 Å². The smallest absolute Gasteiger partial charge is 0.410 e. The van der Waals surface area contributed by atoms with Gasteiger partial charge in [0.15, 0.2) is 0 Å². The molecule has 8 heteroatoms. The highest BCUT2D eigenvalue weighted by Gasteiger charge is 2.39. The standard InChI is InChI=1S/C20H29ClN2O5/c1-19(2,3)28-18(25)23-9-7-20(4,8-10-23)17(24)22-14-11-13(21)15(26-5)12-16(14)27-6/h11-12H,7-10H2,1-6H3,(H,22,24). The van der Waals surface area contributed by atoms with Crippen LogP contribution in [0, 0.1) is 5.41 Å². The van der Waals surface area contributed by atoms with E-state index in [1.807, 2.05) is 27.7 Å². The van der Waals surface area contributed by atoms with Crippen LogP contribution in [0.3, 0.4) is 0 Å². The number of carbonyl (C=O) groups is 2. The number of nitrogens with one attached hydrogen (secondary N) is 1. The van der Waals surface area contributed by atoms with Crippen molar-refractivity contribution in [3.8, 4) is 11.5 Å². The van der Waals surface area contributed by atoms with Crippen molar-refractivity contribution in [2.24, 2.45) is 5.41 Å². The van der Waals surface area contributed by atoms with Crippen LogP contribution in [-0.2, 0) is 9.53 Å². The van der Waals surface area contributed by atoms with Crippen LogP contribution in [0.2, 0.25) is 5.02 Å². The molecule has 1 N–H and O–H groups in total. The third-order valence-corrected chi connectivity index (χ3v) is 5.08. The van der Waals surface area contributed by atoms with Crippen LogP contribution < -0.4 is 14.8 Å². The zero-order chi connectivity index (χ0) is 21.1. The minimum atomic E-state index is -0.615. The highest BCUT2D eigenvalue weighted by Crippen LogP contribution is 2.38. The van der Waals surface area contributed by atoms with Crippen LogP contribution in [0.25, 0.3) is 0 Å². The maximum Gasteiger partial charge on any atom is 0.410 e. The third-order valence-electron chi connectivity index (χ3n) is 4.79. The van der Waals surface area contributed by atoms with Gasteiger partial charge in [0.2, 0.25) is 5.91 Å². The first-order chi connectivity index (χ1) is 13.0. The maximum absolute atomic E-state index is 13.0. The second kappa shape index (κ2) is 8.47. The summed E-state index contributed by atoms with van der Waals surface area (Å²) >= 11 is 6.18. The molecule has 2 amide bonds. The van der Waals surface area contributed by atoms with E-state index >= 15 is 0 Å². The first kappa shape index (κ1) is 22.1. The van der Waals surface area contributed by atoms with Crippen molar-refractivity contribution in [1.29, 1.82) is 0 Å².